The van der Waals surface area contributed by atoms with Gasteiger partial charge in [-0.25, -0.2) is 0 Å². The summed E-state index contributed by atoms with van der Waals surface area (Å²) in [5, 5.41) is 2.82. The van der Waals surface area contributed by atoms with Crippen molar-refractivity contribution in [3.63, 3.8) is 0 Å². The summed E-state index contributed by atoms with van der Waals surface area (Å²) in [6.07, 6.45) is 4.31. The Morgan fingerprint density at radius 3 is 2.45 bits per heavy atom. The molecule has 0 radical (unpaired) electrons. The fourth-order valence-electron chi connectivity index (χ4n) is 2.53. The standard InChI is InChI=1S/C14H27N3O2.ClH/c1-3-7-16-13(18)10-17(8-4-2)14(19)11-5-6-12(15)9-11;/h11-12H,3-10,15H2,1-2H3,(H,16,18);1H. The van der Waals surface area contributed by atoms with Gasteiger partial charge in [-0.3, -0.25) is 9.59 Å². The average Bonchev–Trinajstić information content (AvgIpc) is 2.81. The van der Waals surface area contributed by atoms with Crippen LogP contribution in [0.4, 0.5) is 0 Å². The molecule has 0 saturated heterocycles. The van der Waals surface area contributed by atoms with Gasteiger partial charge in [0.1, 0.15) is 0 Å². The zero-order valence-corrected chi connectivity index (χ0v) is 13.4. The largest absolute Gasteiger partial charge is 0.355 e. The molecule has 20 heavy (non-hydrogen) atoms. The fourth-order valence-corrected chi connectivity index (χ4v) is 2.53. The van der Waals surface area contributed by atoms with E-state index in [2.05, 4.69) is 5.32 Å². The molecule has 0 heterocycles. The third-order valence-corrected chi connectivity index (χ3v) is 3.53. The van der Waals surface area contributed by atoms with Gasteiger partial charge >= 0.3 is 0 Å². The number of nitrogens with one attached hydrogen (secondary N) is 1. The van der Waals surface area contributed by atoms with Crippen molar-refractivity contribution < 1.29 is 9.59 Å². The van der Waals surface area contributed by atoms with Gasteiger partial charge in [0.15, 0.2) is 0 Å². The van der Waals surface area contributed by atoms with E-state index in [1.165, 1.54) is 0 Å². The molecule has 0 aromatic carbocycles. The molecule has 5 nitrogen and oxygen atoms in total. The summed E-state index contributed by atoms with van der Waals surface area (Å²) in [6, 6.07) is 0.145. The van der Waals surface area contributed by atoms with Crippen molar-refractivity contribution in [1.29, 1.82) is 0 Å². The summed E-state index contributed by atoms with van der Waals surface area (Å²) in [4.78, 5) is 25.8. The van der Waals surface area contributed by atoms with Crippen molar-refractivity contribution in [3.05, 3.63) is 0 Å². The van der Waals surface area contributed by atoms with E-state index in [9.17, 15) is 9.59 Å². The van der Waals surface area contributed by atoms with E-state index < -0.39 is 0 Å². The number of carbonyl (C=O) groups excluding carboxylic acids is 2. The molecule has 0 aromatic rings. The van der Waals surface area contributed by atoms with Gasteiger partial charge in [0.25, 0.3) is 0 Å². The summed E-state index contributed by atoms with van der Waals surface area (Å²) in [5.74, 6) is 0.0490. The van der Waals surface area contributed by atoms with Crippen LogP contribution >= 0.6 is 12.4 Å². The predicted molar refractivity (Wildman–Crippen MR) is 82.7 cm³/mol. The Morgan fingerprint density at radius 2 is 1.95 bits per heavy atom. The molecule has 1 saturated carbocycles. The van der Waals surface area contributed by atoms with E-state index in [-0.39, 0.29) is 42.7 Å². The molecular formula is C14H28ClN3O2. The number of amides is 2. The van der Waals surface area contributed by atoms with Gasteiger partial charge in [-0.1, -0.05) is 13.8 Å². The molecule has 1 fully saturated rings. The third kappa shape index (κ3) is 6.09. The first kappa shape index (κ1) is 19.2. The SMILES string of the molecule is CCCNC(=O)CN(CCC)C(=O)C1CCC(N)C1.Cl. The van der Waals surface area contributed by atoms with Crippen LogP contribution < -0.4 is 11.1 Å². The van der Waals surface area contributed by atoms with Gasteiger partial charge < -0.3 is 16.0 Å². The maximum Gasteiger partial charge on any atom is 0.239 e. The summed E-state index contributed by atoms with van der Waals surface area (Å²) < 4.78 is 0. The van der Waals surface area contributed by atoms with Crippen molar-refractivity contribution in [2.75, 3.05) is 19.6 Å². The van der Waals surface area contributed by atoms with Crippen LogP contribution in [0, 0.1) is 5.92 Å². The fraction of sp³-hybridized carbons (Fsp3) is 0.857. The van der Waals surface area contributed by atoms with Gasteiger partial charge in [-0.2, -0.15) is 0 Å². The van der Waals surface area contributed by atoms with E-state index in [4.69, 9.17) is 5.73 Å². The molecule has 1 aliphatic rings. The molecule has 6 heteroatoms. The minimum absolute atomic E-state index is 0. The zero-order valence-electron chi connectivity index (χ0n) is 12.6. The molecule has 2 amide bonds. The lowest BCUT2D eigenvalue weighted by molar-refractivity contribution is -0.139. The van der Waals surface area contributed by atoms with Crippen molar-refractivity contribution >= 4 is 24.2 Å². The normalized spacial score (nSPS) is 21.1. The summed E-state index contributed by atoms with van der Waals surface area (Å²) >= 11 is 0. The maximum absolute atomic E-state index is 12.4. The van der Waals surface area contributed by atoms with Crippen LogP contribution in [0.3, 0.4) is 0 Å². The van der Waals surface area contributed by atoms with Gasteiger partial charge in [0, 0.05) is 25.0 Å². The summed E-state index contributed by atoms with van der Waals surface area (Å²) in [7, 11) is 0. The lowest BCUT2D eigenvalue weighted by atomic mass is 10.1. The molecule has 118 valence electrons. The van der Waals surface area contributed by atoms with Crippen LogP contribution in [0.25, 0.3) is 0 Å². The molecule has 1 rings (SSSR count). The highest BCUT2D eigenvalue weighted by molar-refractivity contribution is 5.86. The quantitative estimate of drug-likeness (QED) is 0.744. The molecule has 0 bridgehead atoms. The predicted octanol–water partition coefficient (Wildman–Crippen LogP) is 1.30. The Hall–Kier alpha value is -0.810. The van der Waals surface area contributed by atoms with Crippen LogP contribution in [-0.2, 0) is 9.59 Å². The minimum atomic E-state index is -0.0639. The Labute approximate surface area is 128 Å². The van der Waals surface area contributed by atoms with Crippen LogP contribution in [0.5, 0.6) is 0 Å². The Balaban J connectivity index is 0.00000361. The Morgan fingerprint density at radius 1 is 1.25 bits per heavy atom. The molecule has 3 N–H and O–H groups in total. The van der Waals surface area contributed by atoms with Crippen molar-refractivity contribution in [2.45, 2.75) is 52.0 Å². The number of nitrogens with two attached hydrogens (primary N) is 1. The second-order valence-corrected chi connectivity index (χ2v) is 5.38. The lowest BCUT2D eigenvalue weighted by Crippen LogP contribution is -2.43. The highest BCUT2D eigenvalue weighted by atomic mass is 35.5. The smallest absolute Gasteiger partial charge is 0.239 e. The minimum Gasteiger partial charge on any atom is -0.355 e. The summed E-state index contributed by atoms with van der Waals surface area (Å²) in [6.45, 7) is 5.52. The second kappa shape index (κ2) is 10.00. The molecule has 1 aliphatic carbocycles. The molecule has 0 aromatic heterocycles. The van der Waals surface area contributed by atoms with Gasteiger partial charge in [-0.15, -0.1) is 12.4 Å². The monoisotopic (exact) mass is 305 g/mol. The lowest BCUT2D eigenvalue weighted by Gasteiger charge is -2.24. The highest BCUT2D eigenvalue weighted by Crippen LogP contribution is 2.26. The van der Waals surface area contributed by atoms with E-state index >= 15 is 0 Å². The molecule has 0 spiro atoms. The molecular weight excluding hydrogens is 278 g/mol. The molecule has 2 atom stereocenters. The van der Waals surface area contributed by atoms with Crippen LogP contribution in [-0.4, -0.2) is 42.4 Å². The first-order valence-corrected chi connectivity index (χ1v) is 7.39. The van der Waals surface area contributed by atoms with Crippen molar-refractivity contribution in [3.8, 4) is 0 Å². The second-order valence-electron chi connectivity index (χ2n) is 5.38. The third-order valence-electron chi connectivity index (χ3n) is 3.53. The molecule has 0 aliphatic heterocycles. The number of rotatable bonds is 7. The molecule has 2 unspecified atom stereocenters. The van der Waals surface area contributed by atoms with Crippen LogP contribution in [0.1, 0.15) is 46.0 Å². The van der Waals surface area contributed by atoms with E-state index in [0.717, 1.165) is 32.1 Å². The van der Waals surface area contributed by atoms with Crippen molar-refractivity contribution in [2.24, 2.45) is 11.7 Å². The number of carbonyl (C=O) groups is 2. The number of halogens is 1. The van der Waals surface area contributed by atoms with E-state index in [0.29, 0.717) is 13.1 Å². The maximum atomic E-state index is 12.4. The Kier molecular flexibility index (Phi) is 9.59. The van der Waals surface area contributed by atoms with Crippen LogP contribution in [0.2, 0.25) is 0 Å². The number of hydrogen-bond acceptors (Lipinski definition) is 3. The first-order valence-electron chi connectivity index (χ1n) is 7.39. The van der Waals surface area contributed by atoms with Gasteiger partial charge in [-0.05, 0) is 32.1 Å². The average molecular weight is 306 g/mol. The highest BCUT2D eigenvalue weighted by Gasteiger charge is 2.31. The first-order chi connectivity index (χ1) is 9.08. The topological polar surface area (TPSA) is 75.4 Å². The van der Waals surface area contributed by atoms with Gasteiger partial charge in [0.2, 0.25) is 11.8 Å². The van der Waals surface area contributed by atoms with Crippen LogP contribution in [0.15, 0.2) is 0 Å². The summed E-state index contributed by atoms with van der Waals surface area (Å²) in [5.41, 5.74) is 5.85. The van der Waals surface area contributed by atoms with Gasteiger partial charge in [0.05, 0.1) is 6.54 Å². The van der Waals surface area contributed by atoms with Crippen molar-refractivity contribution in [1.82, 2.24) is 10.2 Å². The Bertz CT molecular complexity index is 313. The zero-order chi connectivity index (χ0) is 14.3. The van der Waals surface area contributed by atoms with E-state index in [1.54, 1.807) is 4.90 Å². The number of nitrogens with zero attached hydrogens (tertiary/aromatic N) is 1. The number of hydrogen-bond donors (Lipinski definition) is 2. The van der Waals surface area contributed by atoms with E-state index in [1.807, 2.05) is 13.8 Å².